The standard InChI is InChI=1S/C15H21ClN2O5S/c1-24(20,21)7-6-23-14-3-2-11(16)8-13(14)18-15(19)9-12-10-22-5-4-17-12/h2-3,8,12,17H,4-7,9-10H2,1H3,(H,18,19). The predicted molar refractivity (Wildman–Crippen MR) is 92.5 cm³/mol. The molecule has 1 aliphatic heterocycles. The molecule has 1 aromatic rings. The number of ether oxygens (including phenoxy) is 2. The van der Waals surface area contributed by atoms with Gasteiger partial charge in [-0.2, -0.15) is 0 Å². The van der Waals surface area contributed by atoms with Gasteiger partial charge in [0.25, 0.3) is 0 Å². The van der Waals surface area contributed by atoms with Crippen LogP contribution in [0.5, 0.6) is 5.75 Å². The van der Waals surface area contributed by atoms with Gasteiger partial charge in [-0.3, -0.25) is 4.79 Å². The monoisotopic (exact) mass is 376 g/mol. The quantitative estimate of drug-likeness (QED) is 0.739. The van der Waals surface area contributed by atoms with Gasteiger partial charge in [0.05, 0.1) is 24.7 Å². The smallest absolute Gasteiger partial charge is 0.226 e. The summed E-state index contributed by atoms with van der Waals surface area (Å²) in [5, 5.41) is 6.40. The second-order valence-corrected chi connectivity index (χ2v) is 8.29. The maximum absolute atomic E-state index is 12.2. The van der Waals surface area contributed by atoms with Crippen molar-refractivity contribution in [1.29, 1.82) is 0 Å². The summed E-state index contributed by atoms with van der Waals surface area (Å²) >= 11 is 5.96. The Kier molecular flexibility index (Phi) is 6.85. The number of amides is 1. The summed E-state index contributed by atoms with van der Waals surface area (Å²) in [6, 6.07) is 4.75. The van der Waals surface area contributed by atoms with E-state index in [-0.39, 0.29) is 30.7 Å². The molecule has 0 saturated carbocycles. The summed E-state index contributed by atoms with van der Waals surface area (Å²) in [7, 11) is -3.12. The number of hydrogen-bond acceptors (Lipinski definition) is 6. The maximum Gasteiger partial charge on any atom is 0.226 e. The van der Waals surface area contributed by atoms with Crippen LogP contribution in [0.2, 0.25) is 5.02 Å². The molecule has 1 amide bonds. The summed E-state index contributed by atoms with van der Waals surface area (Å²) in [6.07, 6.45) is 1.40. The van der Waals surface area contributed by atoms with Gasteiger partial charge in [0.15, 0.2) is 9.84 Å². The number of hydrogen-bond donors (Lipinski definition) is 2. The summed E-state index contributed by atoms with van der Waals surface area (Å²) in [6.45, 7) is 1.85. The van der Waals surface area contributed by atoms with Gasteiger partial charge >= 0.3 is 0 Å². The van der Waals surface area contributed by atoms with Crippen molar-refractivity contribution in [2.24, 2.45) is 0 Å². The lowest BCUT2D eigenvalue weighted by atomic mass is 10.2. The Morgan fingerprint density at radius 1 is 1.50 bits per heavy atom. The molecule has 1 fully saturated rings. The number of carbonyl (C=O) groups excluding carboxylic acids is 1. The summed E-state index contributed by atoms with van der Waals surface area (Å²) in [4.78, 5) is 12.2. The number of benzene rings is 1. The van der Waals surface area contributed by atoms with Crippen molar-refractivity contribution in [3.05, 3.63) is 23.2 Å². The second kappa shape index (κ2) is 8.66. The Balaban J connectivity index is 1.96. The van der Waals surface area contributed by atoms with Crippen LogP contribution in [0.4, 0.5) is 5.69 Å². The van der Waals surface area contributed by atoms with E-state index in [0.717, 1.165) is 12.8 Å². The van der Waals surface area contributed by atoms with E-state index in [2.05, 4.69) is 10.6 Å². The first-order chi connectivity index (χ1) is 11.3. The van der Waals surface area contributed by atoms with Crippen molar-refractivity contribution < 1.29 is 22.7 Å². The molecule has 0 radical (unpaired) electrons. The zero-order valence-corrected chi connectivity index (χ0v) is 15.0. The van der Waals surface area contributed by atoms with E-state index in [9.17, 15) is 13.2 Å². The van der Waals surface area contributed by atoms with Crippen LogP contribution in [0, 0.1) is 0 Å². The fourth-order valence-electron chi connectivity index (χ4n) is 2.20. The van der Waals surface area contributed by atoms with Crippen LogP contribution in [0.1, 0.15) is 6.42 Å². The normalized spacial score (nSPS) is 18.2. The predicted octanol–water partition coefficient (Wildman–Crippen LogP) is 1.08. The zero-order valence-electron chi connectivity index (χ0n) is 13.4. The van der Waals surface area contributed by atoms with Crippen molar-refractivity contribution in [3.63, 3.8) is 0 Å². The molecule has 0 aliphatic carbocycles. The van der Waals surface area contributed by atoms with E-state index in [0.29, 0.717) is 29.7 Å². The number of morpholine rings is 1. The van der Waals surface area contributed by atoms with Crippen LogP contribution in [-0.2, 0) is 19.4 Å². The molecule has 2 rings (SSSR count). The minimum Gasteiger partial charge on any atom is -0.490 e. The molecule has 0 aromatic heterocycles. The average Bonchev–Trinajstić information content (AvgIpc) is 2.49. The fraction of sp³-hybridized carbons (Fsp3) is 0.533. The third-order valence-electron chi connectivity index (χ3n) is 3.36. The van der Waals surface area contributed by atoms with Crippen LogP contribution in [0.3, 0.4) is 0 Å². The molecule has 0 spiro atoms. The maximum atomic E-state index is 12.2. The van der Waals surface area contributed by atoms with Gasteiger partial charge in [-0.05, 0) is 18.2 Å². The van der Waals surface area contributed by atoms with Crippen molar-refractivity contribution in [2.75, 3.05) is 43.7 Å². The van der Waals surface area contributed by atoms with Crippen molar-refractivity contribution in [1.82, 2.24) is 5.32 Å². The Hall–Kier alpha value is -1.35. The summed E-state index contributed by atoms with van der Waals surface area (Å²) in [5.41, 5.74) is 0.415. The van der Waals surface area contributed by atoms with Gasteiger partial charge in [-0.1, -0.05) is 11.6 Å². The minimum absolute atomic E-state index is 0.00135. The Morgan fingerprint density at radius 3 is 2.96 bits per heavy atom. The highest BCUT2D eigenvalue weighted by Gasteiger charge is 2.18. The number of anilines is 1. The van der Waals surface area contributed by atoms with Gasteiger partial charge in [-0.15, -0.1) is 0 Å². The van der Waals surface area contributed by atoms with Gasteiger partial charge in [0.1, 0.15) is 12.4 Å². The molecular formula is C15H21ClN2O5S. The first kappa shape index (κ1) is 19.0. The van der Waals surface area contributed by atoms with Crippen LogP contribution < -0.4 is 15.4 Å². The molecule has 7 nitrogen and oxygen atoms in total. The van der Waals surface area contributed by atoms with Crippen LogP contribution in [0.25, 0.3) is 0 Å². The molecular weight excluding hydrogens is 356 g/mol. The van der Waals surface area contributed by atoms with Crippen LogP contribution >= 0.6 is 11.6 Å². The molecule has 0 bridgehead atoms. The number of carbonyl (C=O) groups is 1. The lowest BCUT2D eigenvalue weighted by Gasteiger charge is -2.23. The van der Waals surface area contributed by atoms with Gasteiger partial charge in [-0.25, -0.2) is 8.42 Å². The number of rotatable bonds is 7. The van der Waals surface area contributed by atoms with Crippen LogP contribution in [0.15, 0.2) is 18.2 Å². The van der Waals surface area contributed by atoms with E-state index in [1.165, 1.54) is 0 Å². The Labute approximate surface area is 146 Å². The van der Waals surface area contributed by atoms with E-state index < -0.39 is 9.84 Å². The molecule has 1 saturated heterocycles. The molecule has 9 heteroatoms. The number of sulfone groups is 1. The SMILES string of the molecule is CS(=O)(=O)CCOc1ccc(Cl)cc1NC(=O)CC1COCCN1. The first-order valence-electron chi connectivity index (χ1n) is 7.54. The van der Waals surface area contributed by atoms with E-state index >= 15 is 0 Å². The third-order valence-corrected chi connectivity index (χ3v) is 4.50. The van der Waals surface area contributed by atoms with E-state index in [1.807, 2.05) is 0 Å². The highest BCUT2D eigenvalue weighted by atomic mass is 35.5. The minimum atomic E-state index is -3.12. The average molecular weight is 377 g/mol. The largest absolute Gasteiger partial charge is 0.490 e. The Morgan fingerprint density at radius 2 is 2.29 bits per heavy atom. The van der Waals surface area contributed by atoms with E-state index in [4.69, 9.17) is 21.1 Å². The molecule has 1 heterocycles. The molecule has 2 N–H and O–H groups in total. The van der Waals surface area contributed by atoms with Gasteiger partial charge in [0, 0.05) is 30.3 Å². The summed E-state index contributed by atoms with van der Waals surface area (Å²) < 4.78 is 33.1. The van der Waals surface area contributed by atoms with Gasteiger partial charge < -0.3 is 20.1 Å². The molecule has 24 heavy (non-hydrogen) atoms. The molecule has 1 unspecified atom stereocenters. The second-order valence-electron chi connectivity index (χ2n) is 5.60. The first-order valence-corrected chi connectivity index (χ1v) is 9.98. The highest BCUT2D eigenvalue weighted by molar-refractivity contribution is 7.90. The molecule has 1 aliphatic rings. The van der Waals surface area contributed by atoms with Crippen molar-refractivity contribution >= 4 is 33.0 Å². The fourth-order valence-corrected chi connectivity index (χ4v) is 2.76. The topological polar surface area (TPSA) is 93.7 Å². The number of halogens is 1. The Bertz CT molecular complexity index is 674. The van der Waals surface area contributed by atoms with Crippen molar-refractivity contribution in [2.45, 2.75) is 12.5 Å². The molecule has 134 valence electrons. The highest BCUT2D eigenvalue weighted by Crippen LogP contribution is 2.28. The third kappa shape index (κ3) is 6.64. The zero-order chi connectivity index (χ0) is 17.6. The van der Waals surface area contributed by atoms with Gasteiger partial charge in [0.2, 0.25) is 5.91 Å². The molecule has 1 atom stereocenters. The van der Waals surface area contributed by atoms with Crippen molar-refractivity contribution in [3.8, 4) is 5.75 Å². The molecule has 1 aromatic carbocycles. The lowest BCUT2D eigenvalue weighted by Crippen LogP contribution is -2.43. The summed E-state index contributed by atoms with van der Waals surface area (Å²) in [5.74, 6) is 0.0734. The van der Waals surface area contributed by atoms with E-state index in [1.54, 1.807) is 18.2 Å². The lowest BCUT2D eigenvalue weighted by molar-refractivity contribution is -0.117. The van der Waals surface area contributed by atoms with Crippen LogP contribution in [-0.4, -0.2) is 58.7 Å². The number of nitrogens with one attached hydrogen (secondary N) is 2.